The van der Waals surface area contributed by atoms with Crippen LogP contribution in [0.5, 0.6) is 5.88 Å². The van der Waals surface area contributed by atoms with E-state index in [1.165, 1.54) is 0 Å². The molecule has 1 aliphatic rings. The number of nitrogens with two attached hydrogens (primary N) is 1. The molecule has 0 atom stereocenters. The van der Waals surface area contributed by atoms with Gasteiger partial charge in [-0.1, -0.05) is 0 Å². The number of nitrogens with one attached hydrogen (secondary N) is 1. The van der Waals surface area contributed by atoms with Gasteiger partial charge in [-0.3, -0.25) is 4.79 Å². The Hall–Kier alpha value is -1.98. The molecule has 0 radical (unpaired) electrons. The van der Waals surface area contributed by atoms with Gasteiger partial charge in [0.2, 0.25) is 11.8 Å². The van der Waals surface area contributed by atoms with Crippen LogP contribution in [0.2, 0.25) is 0 Å². The molecular weight excluding hydrogens is 244 g/mol. The van der Waals surface area contributed by atoms with E-state index in [9.17, 15) is 4.79 Å². The van der Waals surface area contributed by atoms with Gasteiger partial charge in [0.25, 0.3) is 0 Å². The number of hydrogen-bond donors (Lipinski definition) is 2. The van der Waals surface area contributed by atoms with Crippen molar-refractivity contribution in [2.45, 2.75) is 19.8 Å². The quantitative estimate of drug-likeness (QED) is 0.832. The Bertz CT molecular complexity index is 444. The highest BCUT2D eigenvalue weighted by Gasteiger charge is 2.17. The molecular formula is C13H20N4O2. The van der Waals surface area contributed by atoms with Crippen molar-refractivity contribution >= 4 is 17.4 Å². The SMILES string of the molecule is CCOc1nc(NCC(=O)N2CCCC2)ccc1N. The molecule has 1 saturated heterocycles. The first-order valence-corrected chi connectivity index (χ1v) is 6.61. The maximum Gasteiger partial charge on any atom is 0.241 e. The predicted molar refractivity (Wildman–Crippen MR) is 74.1 cm³/mol. The summed E-state index contributed by atoms with van der Waals surface area (Å²) >= 11 is 0. The standard InChI is InChI=1S/C13H20N4O2/c1-2-19-13-10(14)5-6-11(16-13)15-9-12(18)17-7-3-4-8-17/h5-6H,2-4,7-9,14H2,1H3,(H,15,16). The number of pyridine rings is 1. The van der Waals surface area contributed by atoms with Gasteiger partial charge >= 0.3 is 0 Å². The Kier molecular flexibility index (Phi) is 4.43. The number of amides is 1. The summed E-state index contributed by atoms with van der Waals surface area (Å²) in [5.74, 6) is 1.11. The number of anilines is 2. The normalized spacial score (nSPS) is 14.5. The Morgan fingerprint density at radius 2 is 2.21 bits per heavy atom. The Balaban J connectivity index is 1.91. The van der Waals surface area contributed by atoms with Crippen molar-refractivity contribution in [3.8, 4) is 5.88 Å². The monoisotopic (exact) mass is 264 g/mol. The molecule has 6 nitrogen and oxygen atoms in total. The smallest absolute Gasteiger partial charge is 0.241 e. The number of rotatable bonds is 5. The molecule has 3 N–H and O–H groups in total. The van der Waals surface area contributed by atoms with Gasteiger partial charge in [-0.25, -0.2) is 0 Å². The minimum Gasteiger partial charge on any atom is -0.476 e. The molecule has 0 spiro atoms. The van der Waals surface area contributed by atoms with Crippen LogP contribution in [0.1, 0.15) is 19.8 Å². The first-order chi connectivity index (χ1) is 9.20. The van der Waals surface area contributed by atoms with E-state index in [1.54, 1.807) is 12.1 Å². The van der Waals surface area contributed by atoms with Gasteiger partial charge in [-0.2, -0.15) is 4.98 Å². The van der Waals surface area contributed by atoms with Crippen molar-refractivity contribution in [3.63, 3.8) is 0 Å². The molecule has 1 aromatic heterocycles. The molecule has 0 aliphatic carbocycles. The molecule has 0 unspecified atom stereocenters. The van der Waals surface area contributed by atoms with Crippen LogP contribution in [-0.4, -0.2) is 42.0 Å². The first-order valence-electron chi connectivity index (χ1n) is 6.61. The number of nitrogen functional groups attached to an aromatic ring is 1. The maximum atomic E-state index is 11.9. The summed E-state index contributed by atoms with van der Waals surface area (Å²) in [7, 11) is 0. The lowest BCUT2D eigenvalue weighted by atomic mass is 10.4. The molecule has 0 saturated carbocycles. The van der Waals surface area contributed by atoms with Crippen LogP contribution in [0.15, 0.2) is 12.1 Å². The molecule has 0 aromatic carbocycles. The van der Waals surface area contributed by atoms with Crippen LogP contribution in [0.3, 0.4) is 0 Å². The van der Waals surface area contributed by atoms with Crippen molar-refractivity contribution in [1.29, 1.82) is 0 Å². The number of hydrogen-bond acceptors (Lipinski definition) is 5. The van der Waals surface area contributed by atoms with Gasteiger partial charge in [-0.15, -0.1) is 0 Å². The van der Waals surface area contributed by atoms with E-state index in [0.717, 1.165) is 25.9 Å². The number of likely N-dealkylation sites (tertiary alicyclic amines) is 1. The fourth-order valence-corrected chi connectivity index (χ4v) is 2.05. The predicted octanol–water partition coefficient (Wildman–Crippen LogP) is 1.10. The molecule has 2 rings (SSSR count). The van der Waals surface area contributed by atoms with Gasteiger partial charge in [0.1, 0.15) is 5.82 Å². The van der Waals surface area contributed by atoms with Crippen LogP contribution in [0.4, 0.5) is 11.5 Å². The van der Waals surface area contributed by atoms with Crippen molar-refractivity contribution in [1.82, 2.24) is 9.88 Å². The molecule has 1 aliphatic heterocycles. The summed E-state index contributed by atoms with van der Waals surface area (Å²) in [6.07, 6.45) is 2.20. The number of nitrogens with zero attached hydrogens (tertiary/aromatic N) is 2. The lowest BCUT2D eigenvalue weighted by Gasteiger charge is -2.16. The van der Waals surface area contributed by atoms with Crippen molar-refractivity contribution in [2.24, 2.45) is 0 Å². The summed E-state index contributed by atoms with van der Waals surface area (Å²) < 4.78 is 5.31. The number of aromatic nitrogens is 1. The third-order valence-corrected chi connectivity index (χ3v) is 3.05. The maximum absolute atomic E-state index is 11.9. The van der Waals surface area contributed by atoms with Gasteiger partial charge in [0.05, 0.1) is 18.8 Å². The minimum absolute atomic E-state index is 0.106. The first kappa shape index (κ1) is 13.5. The topological polar surface area (TPSA) is 80.5 Å². The lowest BCUT2D eigenvalue weighted by molar-refractivity contribution is -0.128. The summed E-state index contributed by atoms with van der Waals surface area (Å²) in [4.78, 5) is 18.0. The van der Waals surface area contributed by atoms with Crippen LogP contribution in [0.25, 0.3) is 0 Å². The third-order valence-electron chi connectivity index (χ3n) is 3.05. The zero-order valence-corrected chi connectivity index (χ0v) is 11.2. The van der Waals surface area contributed by atoms with Crippen molar-refractivity contribution < 1.29 is 9.53 Å². The summed E-state index contributed by atoms with van der Waals surface area (Å²) in [5, 5.41) is 3.01. The van der Waals surface area contributed by atoms with Gasteiger partial charge < -0.3 is 20.7 Å². The van der Waals surface area contributed by atoms with E-state index in [2.05, 4.69) is 10.3 Å². The van der Waals surface area contributed by atoms with Gasteiger partial charge in [-0.05, 0) is 31.9 Å². The largest absolute Gasteiger partial charge is 0.476 e. The van der Waals surface area contributed by atoms with E-state index in [0.29, 0.717) is 24.0 Å². The van der Waals surface area contributed by atoms with Crippen LogP contribution < -0.4 is 15.8 Å². The summed E-state index contributed by atoms with van der Waals surface area (Å²) in [6, 6.07) is 3.47. The van der Waals surface area contributed by atoms with Crippen LogP contribution in [0, 0.1) is 0 Å². The molecule has 19 heavy (non-hydrogen) atoms. The van der Waals surface area contributed by atoms with E-state index >= 15 is 0 Å². The average molecular weight is 264 g/mol. The minimum atomic E-state index is 0.106. The van der Waals surface area contributed by atoms with Gasteiger partial charge in [0.15, 0.2) is 0 Å². The Labute approximate surface area is 112 Å². The van der Waals surface area contributed by atoms with Crippen molar-refractivity contribution in [3.05, 3.63) is 12.1 Å². The molecule has 2 heterocycles. The van der Waals surface area contributed by atoms with E-state index in [4.69, 9.17) is 10.5 Å². The van der Waals surface area contributed by atoms with Crippen LogP contribution >= 0.6 is 0 Å². The number of carbonyl (C=O) groups excluding carboxylic acids is 1. The highest BCUT2D eigenvalue weighted by Crippen LogP contribution is 2.20. The Morgan fingerprint density at radius 1 is 1.47 bits per heavy atom. The molecule has 1 amide bonds. The second kappa shape index (κ2) is 6.26. The van der Waals surface area contributed by atoms with E-state index in [-0.39, 0.29) is 12.5 Å². The fourth-order valence-electron chi connectivity index (χ4n) is 2.05. The zero-order chi connectivity index (χ0) is 13.7. The summed E-state index contributed by atoms with van der Waals surface area (Å²) in [6.45, 7) is 4.35. The number of ether oxygens (including phenoxy) is 1. The van der Waals surface area contributed by atoms with Crippen LogP contribution in [-0.2, 0) is 4.79 Å². The Morgan fingerprint density at radius 3 is 2.89 bits per heavy atom. The third kappa shape index (κ3) is 3.49. The molecule has 1 fully saturated rings. The highest BCUT2D eigenvalue weighted by atomic mass is 16.5. The van der Waals surface area contributed by atoms with Crippen molar-refractivity contribution in [2.75, 3.05) is 37.3 Å². The molecule has 104 valence electrons. The highest BCUT2D eigenvalue weighted by molar-refractivity contribution is 5.80. The molecule has 0 bridgehead atoms. The van der Waals surface area contributed by atoms with Gasteiger partial charge in [0, 0.05) is 13.1 Å². The second-order valence-corrected chi connectivity index (χ2v) is 4.47. The lowest BCUT2D eigenvalue weighted by Crippen LogP contribution is -2.33. The number of carbonyl (C=O) groups is 1. The second-order valence-electron chi connectivity index (χ2n) is 4.47. The average Bonchev–Trinajstić information content (AvgIpc) is 2.93. The zero-order valence-electron chi connectivity index (χ0n) is 11.2. The summed E-state index contributed by atoms with van der Waals surface area (Å²) in [5.41, 5.74) is 6.24. The van der Waals surface area contributed by atoms with E-state index < -0.39 is 0 Å². The molecule has 6 heteroatoms. The fraction of sp³-hybridized carbons (Fsp3) is 0.538. The molecule has 1 aromatic rings. The van der Waals surface area contributed by atoms with E-state index in [1.807, 2.05) is 11.8 Å².